The van der Waals surface area contributed by atoms with Gasteiger partial charge in [-0.1, -0.05) is 26.0 Å². The third kappa shape index (κ3) is 4.96. The fourth-order valence-corrected chi connectivity index (χ4v) is 3.51. The number of carbonyl (C=O) groups is 3. The van der Waals surface area contributed by atoms with Crippen LogP contribution >= 0.6 is 0 Å². The van der Waals surface area contributed by atoms with Crippen LogP contribution in [0.1, 0.15) is 31.9 Å². The highest BCUT2D eigenvalue weighted by Gasteiger charge is 2.40. The largest absolute Gasteiger partial charge is 0.497 e. The average molecular weight is 425 g/mol. The molecule has 1 heterocycles. The monoisotopic (exact) mass is 425 g/mol. The van der Waals surface area contributed by atoms with Crippen molar-refractivity contribution in [2.75, 3.05) is 19.1 Å². The minimum atomic E-state index is -0.918. The van der Waals surface area contributed by atoms with Gasteiger partial charge in [0.15, 0.2) is 0 Å². The number of benzene rings is 2. The van der Waals surface area contributed by atoms with Crippen molar-refractivity contribution in [2.24, 2.45) is 5.92 Å². The van der Waals surface area contributed by atoms with Crippen LogP contribution in [0.25, 0.3) is 0 Å². The number of nitrogens with zero attached hydrogens (tertiary/aromatic N) is 1. The summed E-state index contributed by atoms with van der Waals surface area (Å²) in [7, 11) is 3.13. The summed E-state index contributed by atoms with van der Waals surface area (Å²) in [5.41, 5.74) is 1.36. The molecule has 8 heteroatoms. The Hall–Kier alpha value is -3.55. The molecule has 0 radical (unpaired) electrons. The number of amides is 4. The predicted molar refractivity (Wildman–Crippen MR) is 116 cm³/mol. The summed E-state index contributed by atoms with van der Waals surface area (Å²) in [4.78, 5) is 38.9. The van der Waals surface area contributed by atoms with E-state index in [0.29, 0.717) is 11.4 Å². The number of hydrogen-bond donors (Lipinski definition) is 2. The Morgan fingerprint density at radius 2 is 1.55 bits per heavy atom. The normalized spacial score (nSPS) is 16.8. The van der Waals surface area contributed by atoms with Crippen molar-refractivity contribution in [2.45, 2.75) is 32.4 Å². The van der Waals surface area contributed by atoms with Gasteiger partial charge >= 0.3 is 6.03 Å². The Morgan fingerprint density at radius 1 is 1.00 bits per heavy atom. The molecule has 2 atom stereocenters. The van der Waals surface area contributed by atoms with Crippen LogP contribution in [0.2, 0.25) is 0 Å². The van der Waals surface area contributed by atoms with E-state index in [1.54, 1.807) is 31.4 Å². The number of methoxy groups -OCH3 is 2. The van der Waals surface area contributed by atoms with E-state index in [9.17, 15) is 14.4 Å². The van der Waals surface area contributed by atoms with Crippen molar-refractivity contribution in [3.63, 3.8) is 0 Å². The molecular formula is C23H27N3O5. The van der Waals surface area contributed by atoms with Gasteiger partial charge in [0.1, 0.15) is 17.5 Å². The van der Waals surface area contributed by atoms with Crippen LogP contribution in [0.5, 0.6) is 11.5 Å². The van der Waals surface area contributed by atoms with Crippen LogP contribution in [-0.2, 0) is 9.59 Å². The standard InChI is InChI=1S/C23H27N3O5/c1-14(2)21(15-5-9-17(30-3)10-6-15)25-20(27)13-19-22(28)26(23(29)24-19)16-7-11-18(31-4)12-8-16/h5-12,14,19,21H,13H2,1-4H3,(H,24,29)(H,25,27)/t19-,21+/m0/s1. The molecule has 0 aromatic heterocycles. The highest BCUT2D eigenvalue weighted by molar-refractivity contribution is 6.22. The topological polar surface area (TPSA) is 97.0 Å². The second-order valence-electron chi connectivity index (χ2n) is 7.64. The number of rotatable bonds is 8. The van der Waals surface area contributed by atoms with Crippen LogP contribution in [0.15, 0.2) is 48.5 Å². The molecule has 1 fully saturated rings. The number of ether oxygens (including phenoxy) is 2. The highest BCUT2D eigenvalue weighted by Crippen LogP contribution is 2.26. The summed E-state index contributed by atoms with van der Waals surface area (Å²) >= 11 is 0. The molecule has 0 saturated carbocycles. The van der Waals surface area contributed by atoms with Crippen LogP contribution in [0.3, 0.4) is 0 Å². The molecule has 3 rings (SSSR count). The lowest BCUT2D eigenvalue weighted by Crippen LogP contribution is -2.39. The lowest BCUT2D eigenvalue weighted by Gasteiger charge is -2.23. The van der Waals surface area contributed by atoms with E-state index in [1.807, 2.05) is 38.1 Å². The van der Waals surface area contributed by atoms with E-state index in [2.05, 4.69) is 10.6 Å². The van der Waals surface area contributed by atoms with E-state index < -0.39 is 18.0 Å². The maximum absolute atomic E-state index is 12.8. The van der Waals surface area contributed by atoms with Crippen molar-refractivity contribution in [1.29, 1.82) is 0 Å². The molecule has 164 valence electrons. The summed E-state index contributed by atoms with van der Waals surface area (Å²) in [5.74, 6) is 0.697. The number of urea groups is 1. The lowest BCUT2D eigenvalue weighted by molar-refractivity contribution is -0.126. The number of nitrogens with one attached hydrogen (secondary N) is 2. The molecule has 0 aliphatic carbocycles. The fraction of sp³-hybridized carbons (Fsp3) is 0.348. The van der Waals surface area contributed by atoms with Gasteiger partial charge in [-0.15, -0.1) is 0 Å². The summed E-state index contributed by atoms with van der Waals surface area (Å²) in [6.07, 6.45) is -0.142. The quantitative estimate of drug-likeness (QED) is 0.634. The Bertz CT molecular complexity index is 941. The van der Waals surface area contributed by atoms with Crippen LogP contribution < -0.4 is 25.0 Å². The lowest BCUT2D eigenvalue weighted by atomic mass is 9.95. The van der Waals surface area contributed by atoms with Gasteiger partial charge in [-0.25, -0.2) is 9.69 Å². The van der Waals surface area contributed by atoms with E-state index in [4.69, 9.17) is 9.47 Å². The predicted octanol–water partition coefficient (Wildman–Crippen LogP) is 3.03. The zero-order chi connectivity index (χ0) is 22.5. The summed E-state index contributed by atoms with van der Waals surface area (Å²) < 4.78 is 10.3. The summed E-state index contributed by atoms with van der Waals surface area (Å²) in [6, 6.07) is 12.3. The molecule has 1 aliphatic rings. The average Bonchev–Trinajstić information content (AvgIpc) is 3.04. The first kappa shape index (κ1) is 22.1. The van der Waals surface area contributed by atoms with Crippen LogP contribution in [-0.4, -0.2) is 38.1 Å². The van der Waals surface area contributed by atoms with E-state index in [0.717, 1.165) is 16.2 Å². The van der Waals surface area contributed by atoms with Crippen LogP contribution in [0, 0.1) is 5.92 Å². The molecule has 4 amide bonds. The zero-order valence-corrected chi connectivity index (χ0v) is 18.0. The van der Waals surface area contributed by atoms with Gasteiger partial charge in [-0.05, 0) is 47.9 Å². The van der Waals surface area contributed by atoms with Crippen molar-refractivity contribution in [1.82, 2.24) is 10.6 Å². The molecule has 2 aromatic rings. The van der Waals surface area contributed by atoms with Crippen molar-refractivity contribution >= 4 is 23.5 Å². The van der Waals surface area contributed by atoms with Crippen LogP contribution in [0.4, 0.5) is 10.5 Å². The zero-order valence-electron chi connectivity index (χ0n) is 18.0. The van der Waals surface area contributed by atoms with Gasteiger partial charge in [-0.3, -0.25) is 9.59 Å². The number of carbonyl (C=O) groups excluding carboxylic acids is 3. The minimum absolute atomic E-state index is 0.127. The molecule has 31 heavy (non-hydrogen) atoms. The maximum atomic E-state index is 12.8. The third-order valence-electron chi connectivity index (χ3n) is 5.20. The maximum Gasteiger partial charge on any atom is 0.329 e. The fourth-order valence-electron chi connectivity index (χ4n) is 3.51. The molecule has 0 spiro atoms. The molecule has 1 aliphatic heterocycles. The van der Waals surface area contributed by atoms with Crippen molar-refractivity contribution < 1.29 is 23.9 Å². The smallest absolute Gasteiger partial charge is 0.329 e. The molecule has 0 unspecified atom stereocenters. The Labute approximate surface area is 181 Å². The highest BCUT2D eigenvalue weighted by atomic mass is 16.5. The van der Waals surface area contributed by atoms with Crippen molar-refractivity contribution in [3.8, 4) is 11.5 Å². The van der Waals surface area contributed by atoms with E-state index >= 15 is 0 Å². The molecule has 1 saturated heterocycles. The van der Waals surface area contributed by atoms with Gasteiger partial charge in [0, 0.05) is 0 Å². The summed E-state index contributed by atoms with van der Waals surface area (Å²) in [6.45, 7) is 4.01. The van der Waals surface area contributed by atoms with E-state index in [1.165, 1.54) is 7.11 Å². The Morgan fingerprint density at radius 3 is 2.06 bits per heavy atom. The Balaban J connectivity index is 1.67. The SMILES string of the molecule is COc1ccc([C@H](NC(=O)C[C@@H]2NC(=O)N(c3ccc(OC)cc3)C2=O)C(C)C)cc1. The molecule has 2 aromatic carbocycles. The van der Waals surface area contributed by atoms with Gasteiger partial charge in [0.25, 0.3) is 5.91 Å². The van der Waals surface area contributed by atoms with Gasteiger partial charge in [0.2, 0.25) is 5.91 Å². The number of anilines is 1. The molecule has 2 N–H and O–H groups in total. The van der Waals surface area contributed by atoms with Gasteiger partial charge in [-0.2, -0.15) is 0 Å². The van der Waals surface area contributed by atoms with Gasteiger partial charge < -0.3 is 20.1 Å². The second kappa shape index (κ2) is 9.51. The third-order valence-corrected chi connectivity index (χ3v) is 5.20. The van der Waals surface area contributed by atoms with E-state index in [-0.39, 0.29) is 24.3 Å². The molecule has 8 nitrogen and oxygen atoms in total. The summed E-state index contributed by atoms with van der Waals surface area (Å²) in [5, 5.41) is 5.58. The first-order chi connectivity index (χ1) is 14.8. The number of imide groups is 1. The molecule has 0 bridgehead atoms. The first-order valence-electron chi connectivity index (χ1n) is 10.1. The van der Waals surface area contributed by atoms with Gasteiger partial charge in [0.05, 0.1) is 32.4 Å². The molecular weight excluding hydrogens is 398 g/mol. The second-order valence-corrected chi connectivity index (χ2v) is 7.64. The Kier molecular flexibility index (Phi) is 6.79. The first-order valence-corrected chi connectivity index (χ1v) is 10.1. The number of hydrogen-bond acceptors (Lipinski definition) is 5. The van der Waals surface area contributed by atoms with Crippen molar-refractivity contribution in [3.05, 3.63) is 54.1 Å². The minimum Gasteiger partial charge on any atom is -0.497 e.